The molecule has 15 heavy (non-hydrogen) atoms. The van der Waals surface area contributed by atoms with Crippen LogP contribution in [0.4, 0.5) is 13.2 Å². The van der Waals surface area contributed by atoms with Crippen LogP contribution < -0.4 is 5.56 Å². The van der Waals surface area contributed by atoms with Crippen molar-refractivity contribution in [1.82, 2.24) is 9.97 Å². The first kappa shape index (κ1) is 11.7. The van der Waals surface area contributed by atoms with Gasteiger partial charge in [-0.2, -0.15) is 13.2 Å². The van der Waals surface area contributed by atoms with Crippen LogP contribution in [0.2, 0.25) is 0 Å². The van der Waals surface area contributed by atoms with Gasteiger partial charge in [0.1, 0.15) is 5.82 Å². The molecule has 0 amide bonds. The summed E-state index contributed by atoms with van der Waals surface area (Å²) in [6.45, 7) is 3.18. The number of aromatic amines is 1. The summed E-state index contributed by atoms with van der Waals surface area (Å²) in [7, 11) is 0. The number of alkyl halides is 3. The molecule has 0 fully saturated rings. The van der Waals surface area contributed by atoms with Crippen LogP contribution in [0.5, 0.6) is 0 Å². The van der Waals surface area contributed by atoms with E-state index < -0.39 is 12.6 Å². The van der Waals surface area contributed by atoms with Crippen molar-refractivity contribution >= 4 is 0 Å². The first-order chi connectivity index (χ1) is 6.79. The lowest BCUT2D eigenvalue weighted by Crippen LogP contribution is -2.18. The summed E-state index contributed by atoms with van der Waals surface area (Å²) in [6, 6.07) is 0. The second-order valence-corrected chi connectivity index (χ2v) is 3.34. The number of aromatic nitrogens is 2. The SMILES string of the molecule is Cc1nc(CCC(F)(F)F)[nH]c(=O)c1C. The van der Waals surface area contributed by atoms with Crippen LogP contribution in [0.15, 0.2) is 4.79 Å². The molecule has 1 rings (SSSR count). The molecule has 0 aliphatic carbocycles. The average molecular weight is 220 g/mol. The third kappa shape index (κ3) is 3.38. The van der Waals surface area contributed by atoms with E-state index in [0.29, 0.717) is 11.3 Å². The number of aryl methyl sites for hydroxylation is 2. The number of nitrogens with zero attached hydrogens (tertiary/aromatic N) is 1. The van der Waals surface area contributed by atoms with E-state index in [-0.39, 0.29) is 17.8 Å². The van der Waals surface area contributed by atoms with Gasteiger partial charge >= 0.3 is 6.18 Å². The lowest BCUT2D eigenvalue weighted by Gasteiger charge is -2.06. The van der Waals surface area contributed by atoms with Crippen molar-refractivity contribution < 1.29 is 13.2 Å². The number of nitrogens with one attached hydrogen (secondary N) is 1. The highest BCUT2D eigenvalue weighted by Crippen LogP contribution is 2.20. The topological polar surface area (TPSA) is 45.8 Å². The zero-order chi connectivity index (χ0) is 11.6. The summed E-state index contributed by atoms with van der Waals surface area (Å²) in [5, 5.41) is 0. The Morgan fingerprint density at radius 3 is 2.40 bits per heavy atom. The van der Waals surface area contributed by atoms with Gasteiger partial charge in [-0.05, 0) is 13.8 Å². The zero-order valence-electron chi connectivity index (χ0n) is 8.40. The van der Waals surface area contributed by atoms with Crippen molar-refractivity contribution in [3.05, 3.63) is 27.4 Å². The second kappa shape index (κ2) is 4.04. The molecule has 0 aromatic carbocycles. The van der Waals surface area contributed by atoms with Gasteiger partial charge in [0.05, 0.1) is 6.42 Å². The summed E-state index contributed by atoms with van der Waals surface area (Å²) in [5.41, 5.74) is 0.529. The first-order valence-electron chi connectivity index (χ1n) is 4.43. The third-order valence-electron chi connectivity index (χ3n) is 2.09. The van der Waals surface area contributed by atoms with Crippen molar-refractivity contribution in [3.8, 4) is 0 Å². The Bertz CT molecular complexity index is 409. The Morgan fingerprint density at radius 2 is 1.93 bits per heavy atom. The van der Waals surface area contributed by atoms with Gasteiger partial charge in [0.2, 0.25) is 0 Å². The fraction of sp³-hybridized carbons (Fsp3) is 0.556. The van der Waals surface area contributed by atoms with Crippen molar-refractivity contribution in [3.63, 3.8) is 0 Å². The Labute approximate surface area is 84.4 Å². The molecule has 1 aromatic rings. The number of hydrogen-bond donors (Lipinski definition) is 1. The minimum Gasteiger partial charge on any atom is -0.310 e. The molecule has 0 unspecified atom stereocenters. The molecule has 0 saturated heterocycles. The Hall–Kier alpha value is -1.33. The maximum Gasteiger partial charge on any atom is 0.389 e. The van der Waals surface area contributed by atoms with E-state index in [1.807, 2.05) is 0 Å². The van der Waals surface area contributed by atoms with E-state index >= 15 is 0 Å². The first-order valence-corrected chi connectivity index (χ1v) is 4.43. The van der Waals surface area contributed by atoms with Gasteiger partial charge in [-0.25, -0.2) is 4.98 Å². The van der Waals surface area contributed by atoms with Gasteiger partial charge in [0.25, 0.3) is 5.56 Å². The predicted octanol–water partition coefficient (Wildman–Crippen LogP) is 1.88. The van der Waals surface area contributed by atoms with Crippen LogP contribution in [0.3, 0.4) is 0 Å². The van der Waals surface area contributed by atoms with Crippen molar-refractivity contribution in [1.29, 1.82) is 0 Å². The molecule has 6 heteroatoms. The highest BCUT2D eigenvalue weighted by atomic mass is 19.4. The lowest BCUT2D eigenvalue weighted by atomic mass is 10.2. The molecule has 0 atom stereocenters. The smallest absolute Gasteiger partial charge is 0.310 e. The average Bonchev–Trinajstić information content (AvgIpc) is 2.09. The highest BCUT2D eigenvalue weighted by molar-refractivity contribution is 5.14. The van der Waals surface area contributed by atoms with E-state index in [1.54, 1.807) is 13.8 Å². The maximum absolute atomic E-state index is 11.9. The summed E-state index contributed by atoms with van der Waals surface area (Å²) in [5.74, 6) is 0.0837. The van der Waals surface area contributed by atoms with Crippen LogP contribution in [0.25, 0.3) is 0 Å². The molecule has 3 nitrogen and oxygen atoms in total. The molecule has 1 heterocycles. The number of rotatable bonds is 2. The predicted molar refractivity (Wildman–Crippen MR) is 48.7 cm³/mol. The standard InChI is InChI=1S/C9H11F3N2O/c1-5-6(2)13-7(14-8(5)15)3-4-9(10,11)12/h3-4H2,1-2H3,(H,13,14,15). The Kier molecular flexibility index (Phi) is 3.16. The second-order valence-electron chi connectivity index (χ2n) is 3.34. The molecule has 1 N–H and O–H groups in total. The molecule has 0 aliphatic heterocycles. The van der Waals surface area contributed by atoms with Crippen LogP contribution in [-0.4, -0.2) is 16.1 Å². The maximum atomic E-state index is 11.9. The summed E-state index contributed by atoms with van der Waals surface area (Å²) in [6.07, 6.45) is -5.49. The van der Waals surface area contributed by atoms with Crippen LogP contribution in [0, 0.1) is 13.8 Å². The van der Waals surface area contributed by atoms with E-state index in [9.17, 15) is 18.0 Å². The van der Waals surface area contributed by atoms with Gasteiger partial charge < -0.3 is 4.98 Å². The minimum absolute atomic E-state index is 0.0837. The molecular formula is C9H11F3N2O. The largest absolute Gasteiger partial charge is 0.389 e. The van der Waals surface area contributed by atoms with E-state index in [0.717, 1.165) is 0 Å². The van der Waals surface area contributed by atoms with Crippen molar-refractivity contribution in [2.24, 2.45) is 0 Å². The van der Waals surface area contributed by atoms with E-state index in [1.165, 1.54) is 0 Å². The molecule has 84 valence electrons. The summed E-state index contributed by atoms with van der Waals surface area (Å²) < 4.78 is 35.7. The normalized spacial score (nSPS) is 11.8. The number of hydrogen-bond acceptors (Lipinski definition) is 2. The molecule has 0 spiro atoms. The van der Waals surface area contributed by atoms with E-state index in [4.69, 9.17) is 0 Å². The number of halogens is 3. The monoisotopic (exact) mass is 220 g/mol. The van der Waals surface area contributed by atoms with Gasteiger partial charge in [-0.3, -0.25) is 4.79 Å². The van der Waals surface area contributed by atoms with Gasteiger partial charge in [-0.15, -0.1) is 0 Å². The molecule has 0 bridgehead atoms. The van der Waals surface area contributed by atoms with E-state index in [2.05, 4.69) is 9.97 Å². The lowest BCUT2D eigenvalue weighted by molar-refractivity contribution is -0.134. The summed E-state index contributed by atoms with van der Waals surface area (Å²) >= 11 is 0. The quantitative estimate of drug-likeness (QED) is 0.827. The van der Waals surface area contributed by atoms with Gasteiger partial charge in [-0.1, -0.05) is 0 Å². The third-order valence-corrected chi connectivity index (χ3v) is 2.09. The van der Waals surface area contributed by atoms with Crippen LogP contribution >= 0.6 is 0 Å². The highest BCUT2D eigenvalue weighted by Gasteiger charge is 2.27. The van der Waals surface area contributed by atoms with Crippen molar-refractivity contribution in [2.75, 3.05) is 0 Å². The van der Waals surface area contributed by atoms with Crippen molar-refractivity contribution in [2.45, 2.75) is 32.9 Å². The fourth-order valence-electron chi connectivity index (χ4n) is 1.08. The molecule has 0 radical (unpaired) electrons. The van der Waals surface area contributed by atoms with Gasteiger partial charge in [0.15, 0.2) is 0 Å². The Morgan fingerprint density at radius 1 is 1.33 bits per heavy atom. The Balaban J connectivity index is 2.84. The zero-order valence-corrected chi connectivity index (χ0v) is 8.40. The minimum atomic E-state index is -4.22. The molecular weight excluding hydrogens is 209 g/mol. The fourth-order valence-corrected chi connectivity index (χ4v) is 1.08. The van der Waals surface area contributed by atoms with Gasteiger partial charge in [0, 0.05) is 17.7 Å². The molecule has 0 saturated carbocycles. The molecule has 1 aromatic heterocycles. The van der Waals surface area contributed by atoms with Crippen LogP contribution in [-0.2, 0) is 6.42 Å². The van der Waals surface area contributed by atoms with Crippen LogP contribution in [0.1, 0.15) is 23.5 Å². The number of H-pyrrole nitrogens is 1. The summed E-state index contributed by atoms with van der Waals surface area (Å²) in [4.78, 5) is 17.4. The molecule has 0 aliphatic rings.